The van der Waals surface area contributed by atoms with Crippen LogP contribution in [0.2, 0.25) is 0 Å². The van der Waals surface area contributed by atoms with Gasteiger partial charge in [0, 0.05) is 5.92 Å². The fourth-order valence-electron chi connectivity index (χ4n) is 2.71. The molecule has 0 atom stereocenters. The lowest BCUT2D eigenvalue weighted by molar-refractivity contribution is 0.111. The number of nitrogens with zero attached hydrogens (tertiary/aromatic N) is 4. The molecule has 1 aliphatic rings. The van der Waals surface area contributed by atoms with Crippen molar-refractivity contribution in [1.29, 1.82) is 0 Å². The summed E-state index contributed by atoms with van der Waals surface area (Å²) >= 11 is 0. The van der Waals surface area contributed by atoms with Crippen molar-refractivity contribution in [1.82, 2.24) is 19.5 Å². The van der Waals surface area contributed by atoms with E-state index in [1.165, 1.54) is 0 Å². The van der Waals surface area contributed by atoms with Crippen LogP contribution in [-0.4, -0.2) is 45.4 Å². The summed E-state index contributed by atoms with van der Waals surface area (Å²) < 4.78 is 1.65. The maximum Gasteiger partial charge on any atom is 0.168 e. The predicted molar refractivity (Wildman–Crippen MR) is 72.5 cm³/mol. The van der Waals surface area contributed by atoms with E-state index in [4.69, 9.17) is 0 Å². The number of rotatable bonds is 3. The quantitative estimate of drug-likeness (QED) is 0.787. The Balaban J connectivity index is 1.88. The third kappa shape index (κ3) is 2.26. The van der Waals surface area contributed by atoms with Crippen molar-refractivity contribution in [3.63, 3.8) is 0 Å². The average molecular weight is 258 g/mol. The second kappa shape index (κ2) is 5.09. The van der Waals surface area contributed by atoms with Crippen molar-refractivity contribution >= 4 is 11.9 Å². The third-order valence-electron chi connectivity index (χ3n) is 3.93. The summed E-state index contributed by atoms with van der Waals surface area (Å²) in [6, 6.07) is 5.50. The van der Waals surface area contributed by atoms with E-state index in [2.05, 4.69) is 21.9 Å². The standard InChI is InChI=1S/C14H18N4O/c1-2-17-8-6-11(7-9-17)14-15-13-5-3-4-12(10-19)18(13)16-14/h3-5,10-11H,2,6-9H2,1H3. The Morgan fingerprint density at radius 3 is 2.84 bits per heavy atom. The lowest BCUT2D eigenvalue weighted by Crippen LogP contribution is -2.32. The molecule has 0 unspecified atom stereocenters. The first-order valence-electron chi connectivity index (χ1n) is 6.85. The number of hydrogen-bond acceptors (Lipinski definition) is 4. The van der Waals surface area contributed by atoms with Crippen LogP contribution in [0.15, 0.2) is 18.2 Å². The van der Waals surface area contributed by atoms with Gasteiger partial charge < -0.3 is 4.90 Å². The van der Waals surface area contributed by atoms with Gasteiger partial charge in [-0.2, -0.15) is 5.10 Å². The number of pyridine rings is 1. The number of hydrogen-bond donors (Lipinski definition) is 0. The summed E-state index contributed by atoms with van der Waals surface area (Å²) in [4.78, 5) is 18.0. The normalized spacial score (nSPS) is 17.9. The Morgan fingerprint density at radius 2 is 2.16 bits per heavy atom. The van der Waals surface area contributed by atoms with Gasteiger partial charge in [0.2, 0.25) is 0 Å². The van der Waals surface area contributed by atoms with Crippen LogP contribution in [0.4, 0.5) is 0 Å². The summed E-state index contributed by atoms with van der Waals surface area (Å²) in [5, 5.41) is 4.51. The highest BCUT2D eigenvalue weighted by atomic mass is 16.1. The van der Waals surface area contributed by atoms with Gasteiger partial charge >= 0.3 is 0 Å². The Morgan fingerprint density at radius 1 is 1.37 bits per heavy atom. The summed E-state index contributed by atoms with van der Waals surface area (Å²) in [6.45, 7) is 5.52. The Bertz CT molecular complexity index is 584. The highest BCUT2D eigenvalue weighted by Gasteiger charge is 2.23. The average Bonchev–Trinajstić information content (AvgIpc) is 2.91. The first-order chi connectivity index (χ1) is 9.31. The van der Waals surface area contributed by atoms with Gasteiger partial charge in [-0.3, -0.25) is 4.79 Å². The molecular weight excluding hydrogens is 240 g/mol. The largest absolute Gasteiger partial charge is 0.304 e. The minimum Gasteiger partial charge on any atom is -0.304 e. The van der Waals surface area contributed by atoms with Gasteiger partial charge in [0.25, 0.3) is 0 Å². The summed E-state index contributed by atoms with van der Waals surface area (Å²) in [5.74, 6) is 1.30. The Kier molecular flexibility index (Phi) is 3.29. The van der Waals surface area contributed by atoms with Crippen LogP contribution in [0.3, 0.4) is 0 Å². The predicted octanol–water partition coefficient (Wildman–Crippen LogP) is 1.74. The van der Waals surface area contributed by atoms with Gasteiger partial charge in [-0.25, -0.2) is 9.50 Å². The highest BCUT2D eigenvalue weighted by Crippen LogP contribution is 2.25. The summed E-state index contributed by atoms with van der Waals surface area (Å²) in [7, 11) is 0. The van der Waals surface area contributed by atoms with Gasteiger partial charge in [0.1, 0.15) is 5.69 Å². The molecule has 0 spiro atoms. The monoisotopic (exact) mass is 258 g/mol. The van der Waals surface area contributed by atoms with Gasteiger partial charge in [0.05, 0.1) is 0 Å². The number of carbonyl (C=O) groups excluding carboxylic acids is 1. The minimum atomic E-state index is 0.419. The van der Waals surface area contributed by atoms with E-state index in [1.54, 1.807) is 10.6 Å². The molecule has 3 rings (SSSR count). The molecule has 1 aliphatic heterocycles. The number of aldehydes is 1. The Labute approximate surface area is 112 Å². The van der Waals surface area contributed by atoms with Crippen LogP contribution >= 0.6 is 0 Å². The molecule has 5 heteroatoms. The van der Waals surface area contributed by atoms with Crippen LogP contribution in [-0.2, 0) is 0 Å². The number of fused-ring (bicyclic) bond motifs is 1. The molecule has 1 saturated heterocycles. The zero-order valence-corrected chi connectivity index (χ0v) is 11.1. The van der Waals surface area contributed by atoms with Crippen LogP contribution in [0.1, 0.15) is 42.0 Å². The molecule has 19 heavy (non-hydrogen) atoms. The first-order valence-corrected chi connectivity index (χ1v) is 6.85. The van der Waals surface area contributed by atoms with Crippen molar-refractivity contribution in [2.45, 2.75) is 25.7 Å². The lowest BCUT2D eigenvalue weighted by atomic mass is 9.96. The van der Waals surface area contributed by atoms with E-state index in [0.29, 0.717) is 11.6 Å². The number of carbonyl (C=O) groups is 1. The van der Waals surface area contributed by atoms with Gasteiger partial charge in [-0.05, 0) is 44.6 Å². The fourth-order valence-corrected chi connectivity index (χ4v) is 2.71. The van der Waals surface area contributed by atoms with Crippen LogP contribution in [0, 0.1) is 0 Å². The molecule has 0 amide bonds. The van der Waals surface area contributed by atoms with Crippen molar-refractivity contribution in [3.8, 4) is 0 Å². The third-order valence-corrected chi connectivity index (χ3v) is 3.93. The summed E-state index contributed by atoms with van der Waals surface area (Å²) in [5.41, 5.74) is 1.32. The van der Waals surface area contributed by atoms with E-state index in [-0.39, 0.29) is 0 Å². The van der Waals surface area contributed by atoms with E-state index < -0.39 is 0 Å². The molecular formula is C14H18N4O. The van der Waals surface area contributed by atoms with E-state index in [9.17, 15) is 4.79 Å². The van der Waals surface area contributed by atoms with Crippen molar-refractivity contribution in [2.24, 2.45) is 0 Å². The van der Waals surface area contributed by atoms with Gasteiger partial charge in [-0.1, -0.05) is 13.0 Å². The zero-order valence-electron chi connectivity index (χ0n) is 11.1. The second-order valence-corrected chi connectivity index (χ2v) is 5.02. The van der Waals surface area contributed by atoms with E-state index >= 15 is 0 Å². The van der Waals surface area contributed by atoms with Crippen LogP contribution in [0.5, 0.6) is 0 Å². The van der Waals surface area contributed by atoms with Crippen molar-refractivity contribution in [2.75, 3.05) is 19.6 Å². The molecule has 0 radical (unpaired) electrons. The second-order valence-electron chi connectivity index (χ2n) is 5.02. The maximum absolute atomic E-state index is 11.0. The van der Waals surface area contributed by atoms with Crippen LogP contribution in [0.25, 0.3) is 5.65 Å². The van der Waals surface area contributed by atoms with Crippen molar-refractivity contribution in [3.05, 3.63) is 29.7 Å². The van der Waals surface area contributed by atoms with Crippen LogP contribution < -0.4 is 0 Å². The molecule has 0 bridgehead atoms. The molecule has 0 N–H and O–H groups in total. The number of piperidine rings is 1. The lowest BCUT2D eigenvalue weighted by Gasteiger charge is -2.29. The fraction of sp³-hybridized carbons (Fsp3) is 0.500. The molecule has 3 heterocycles. The van der Waals surface area contributed by atoms with E-state index in [1.807, 2.05) is 12.1 Å². The SMILES string of the molecule is CCN1CCC(c2nc3cccc(C=O)n3n2)CC1. The van der Waals surface area contributed by atoms with Gasteiger partial charge in [-0.15, -0.1) is 0 Å². The van der Waals surface area contributed by atoms with E-state index in [0.717, 1.165) is 50.2 Å². The molecule has 0 aliphatic carbocycles. The smallest absolute Gasteiger partial charge is 0.168 e. The molecule has 2 aromatic heterocycles. The summed E-state index contributed by atoms with van der Waals surface area (Å²) in [6.07, 6.45) is 3.02. The molecule has 0 aromatic carbocycles. The molecule has 1 fully saturated rings. The highest BCUT2D eigenvalue weighted by molar-refractivity contribution is 5.73. The van der Waals surface area contributed by atoms with Crippen molar-refractivity contribution < 1.29 is 4.79 Å². The number of likely N-dealkylation sites (tertiary alicyclic amines) is 1. The topological polar surface area (TPSA) is 50.5 Å². The molecule has 5 nitrogen and oxygen atoms in total. The molecule has 0 saturated carbocycles. The maximum atomic E-state index is 11.0. The Hall–Kier alpha value is -1.75. The zero-order chi connectivity index (χ0) is 13.2. The number of aromatic nitrogens is 3. The molecule has 100 valence electrons. The minimum absolute atomic E-state index is 0.419. The van der Waals surface area contributed by atoms with Gasteiger partial charge in [0.15, 0.2) is 17.8 Å². The molecule has 2 aromatic rings. The first kappa shape index (κ1) is 12.3.